The van der Waals surface area contributed by atoms with Crippen LogP contribution in [0.25, 0.3) is 0 Å². The van der Waals surface area contributed by atoms with E-state index in [1.165, 1.54) is 4.68 Å². The molecule has 1 aromatic heterocycles. The molecule has 1 heterocycles. The van der Waals surface area contributed by atoms with E-state index in [1.54, 1.807) is 7.05 Å². The summed E-state index contributed by atoms with van der Waals surface area (Å²) in [5, 5.41) is 7.00. The Morgan fingerprint density at radius 2 is 2.21 bits per heavy atom. The summed E-state index contributed by atoms with van der Waals surface area (Å²) in [6, 6.07) is 0. The number of hydrogen-bond acceptors (Lipinski definition) is 4. The Morgan fingerprint density at radius 1 is 1.53 bits per heavy atom. The fourth-order valence-corrected chi connectivity index (χ4v) is 1.77. The normalized spacial score (nSPS) is 11.0. The Bertz CT molecular complexity index is 427. The number of ether oxygens (including phenoxy) is 1. The van der Waals surface area contributed by atoms with Crippen LogP contribution < -0.4 is 11.1 Å². The number of carbonyl (C=O) groups is 1. The minimum atomic E-state index is -0.208. The molecule has 108 valence electrons. The van der Waals surface area contributed by atoms with E-state index in [2.05, 4.69) is 24.3 Å². The molecule has 0 atom stereocenters. The van der Waals surface area contributed by atoms with E-state index in [-0.39, 0.29) is 5.91 Å². The molecule has 0 aliphatic carbocycles. The van der Waals surface area contributed by atoms with Gasteiger partial charge in [-0.2, -0.15) is 5.10 Å². The van der Waals surface area contributed by atoms with Crippen molar-refractivity contribution in [1.82, 2.24) is 15.1 Å². The van der Waals surface area contributed by atoms with E-state index in [1.807, 2.05) is 6.92 Å². The van der Waals surface area contributed by atoms with Crippen LogP contribution in [0, 0.1) is 5.92 Å². The Labute approximate surface area is 114 Å². The highest BCUT2D eigenvalue weighted by atomic mass is 16.5. The Morgan fingerprint density at radius 3 is 2.74 bits per heavy atom. The lowest BCUT2D eigenvalue weighted by Gasteiger charge is -2.08. The Kier molecular flexibility index (Phi) is 5.82. The van der Waals surface area contributed by atoms with Crippen molar-refractivity contribution < 1.29 is 9.53 Å². The van der Waals surface area contributed by atoms with Crippen LogP contribution in [-0.4, -0.2) is 35.4 Å². The zero-order chi connectivity index (χ0) is 14.4. The zero-order valence-electron chi connectivity index (χ0n) is 12.2. The second-order valence-corrected chi connectivity index (χ2v) is 4.91. The topological polar surface area (TPSA) is 82.2 Å². The summed E-state index contributed by atoms with van der Waals surface area (Å²) in [5.74, 6) is 0.288. The van der Waals surface area contributed by atoms with Crippen molar-refractivity contribution in [2.45, 2.75) is 27.2 Å². The minimum absolute atomic E-state index is 0.208. The second kappa shape index (κ2) is 7.13. The van der Waals surface area contributed by atoms with Gasteiger partial charge in [0.15, 0.2) is 0 Å². The predicted octanol–water partition coefficient (Wildman–Crippen LogP) is 0.967. The summed E-state index contributed by atoms with van der Waals surface area (Å²) in [5.41, 5.74) is 7.54. The summed E-state index contributed by atoms with van der Waals surface area (Å²) in [6.45, 7) is 7.80. The number of aryl methyl sites for hydroxylation is 2. The molecule has 0 aromatic carbocycles. The van der Waals surface area contributed by atoms with Gasteiger partial charge >= 0.3 is 0 Å². The molecule has 0 unspecified atom stereocenters. The van der Waals surface area contributed by atoms with Crippen molar-refractivity contribution in [3.63, 3.8) is 0 Å². The maximum Gasteiger partial charge on any atom is 0.271 e. The molecule has 0 saturated heterocycles. The van der Waals surface area contributed by atoms with Crippen LogP contribution in [-0.2, 0) is 18.2 Å². The van der Waals surface area contributed by atoms with E-state index in [4.69, 9.17) is 10.5 Å². The fraction of sp³-hybridized carbons (Fsp3) is 0.692. The van der Waals surface area contributed by atoms with Gasteiger partial charge in [0.2, 0.25) is 0 Å². The van der Waals surface area contributed by atoms with Gasteiger partial charge in [0.25, 0.3) is 5.91 Å². The van der Waals surface area contributed by atoms with E-state index in [9.17, 15) is 4.79 Å². The average molecular weight is 268 g/mol. The van der Waals surface area contributed by atoms with Crippen molar-refractivity contribution >= 4 is 11.6 Å². The number of carbonyl (C=O) groups excluding carboxylic acids is 1. The van der Waals surface area contributed by atoms with Crippen LogP contribution in [0.2, 0.25) is 0 Å². The molecular weight excluding hydrogens is 244 g/mol. The number of hydrogen-bond donors (Lipinski definition) is 2. The van der Waals surface area contributed by atoms with Crippen LogP contribution in [0.3, 0.4) is 0 Å². The monoisotopic (exact) mass is 268 g/mol. The summed E-state index contributed by atoms with van der Waals surface area (Å²) in [7, 11) is 1.72. The van der Waals surface area contributed by atoms with Crippen LogP contribution >= 0.6 is 0 Å². The lowest BCUT2D eigenvalue weighted by atomic mass is 10.2. The van der Waals surface area contributed by atoms with Crippen LogP contribution in [0.5, 0.6) is 0 Å². The number of anilines is 1. The molecular formula is C13H24N4O2. The summed E-state index contributed by atoms with van der Waals surface area (Å²) in [6.07, 6.45) is 0.713. The molecule has 0 bridgehead atoms. The van der Waals surface area contributed by atoms with E-state index in [0.717, 1.165) is 5.69 Å². The van der Waals surface area contributed by atoms with Crippen molar-refractivity contribution in [1.29, 1.82) is 0 Å². The van der Waals surface area contributed by atoms with Crippen LogP contribution in [0.15, 0.2) is 0 Å². The molecule has 0 saturated carbocycles. The van der Waals surface area contributed by atoms with Crippen LogP contribution in [0.1, 0.15) is 37.0 Å². The third-order valence-corrected chi connectivity index (χ3v) is 2.69. The Balaban J connectivity index is 2.48. The molecule has 1 amide bonds. The lowest BCUT2D eigenvalue weighted by Crippen LogP contribution is -2.29. The third-order valence-electron chi connectivity index (χ3n) is 2.69. The number of aromatic nitrogens is 2. The highest BCUT2D eigenvalue weighted by Gasteiger charge is 2.18. The van der Waals surface area contributed by atoms with Crippen molar-refractivity contribution in [2.24, 2.45) is 13.0 Å². The molecule has 19 heavy (non-hydrogen) atoms. The van der Waals surface area contributed by atoms with Gasteiger partial charge in [0, 0.05) is 20.2 Å². The first-order chi connectivity index (χ1) is 8.97. The molecule has 0 fully saturated rings. The summed E-state index contributed by atoms with van der Waals surface area (Å²) in [4.78, 5) is 12.0. The van der Waals surface area contributed by atoms with Gasteiger partial charge in [-0.15, -0.1) is 0 Å². The van der Waals surface area contributed by atoms with Gasteiger partial charge in [-0.05, 0) is 12.3 Å². The minimum Gasteiger partial charge on any atom is -0.395 e. The van der Waals surface area contributed by atoms with Gasteiger partial charge in [-0.25, -0.2) is 0 Å². The van der Waals surface area contributed by atoms with E-state index < -0.39 is 0 Å². The number of nitrogens with zero attached hydrogens (tertiary/aromatic N) is 2. The molecule has 6 nitrogen and oxygen atoms in total. The van der Waals surface area contributed by atoms with Gasteiger partial charge in [0.1, 0.15) is 5.69 Å². The maximum atomic E-state index is 12.0. The van der Waals surface area contributed by atoms with Gasteiger partial charge in [-0.1, -0.05) is 20.8 Å². The lowest BCUT2D eigenvalue weighted by molar-refractivity contribution is 0.0879. The zero-order valence-corrected chi connectivity index (χ0v) is 12.2. The molecule has 0 radical (unpaired) electrons. The quantitative estimate of drug-likeness (QED) is 0.722. The summed E-state index contributed by atoms with van der Waals surface area (Å²) >= 11 is 0. The van der Waals surface area contributed by atoms with Crippen molar-refractivity contribution in [3.8, 4) is 0 Å². The molecule has 6 heteroatoms. The highest BCUT2D eigenvalue weighted by molar-refractivity contribution is 5.97. The number of nitrogen functional groups attached to an aromatic ring is 1. The largest absolute Gasteiger partial charge is 0.395 e. The number of rotatable bonds is 7. The first kappa shape index (κ1) is 15.5. The van der Waals surface area contributed by atoms with Gasteiger partial charge in [0.05, 0.1) is 18.0 Å². The van der Waals surface area contributed by atoms with Gasteiger partial charge in [-0.3, -0.25) is 9.48 Å². The van der Waals surface area contributed by atoms with Crippen LogP contribution in [0.4, 0.5) is 5.69 Å². The Hall–Kier alpha value is -1.56. The first-order valence-corrected chi connectivity index (χ1v) is 6.64. The SMILES string of the molecule is CCc1nn(C)c(C(=O)NCCOCC(C)C)c1N. The smallest absolute Gasteiger partial charge is 0.271 e. The average Bonchev–Trinajstić information content (AvgIpc) is 2.63. The molecule has 1 rings (SSSR count). The van der Waals surface area contributed by atoms with E-state index in [0.29, 0.717) is 43.5 Å². The predicted molar refractivity (Wildman–Crippen MR) is 75.0 cm³/mol. The number of nitrogens with one attached hydrogen (secondary N) is 1. The number of nitrogens with two attached hydrogens (primary N) is 1. The molecule has 3 N–H and O–H groups in total. The highest BCUT2D eigenvalue weighted by Crippen LogP contribution is 2.16. The van der Waals surface area contributed by atoms with Gasteiger partial charge < -0.3 is 15.8 Å². The van der Waals surface area contributed by atoms with Crippen molar-refractivity contribution in [3.05, 3.63) is 11.4 Å². The fourth-order valence-electron chi connectivity index (χ4n) is 1.77. The molecule has 1 aromatic rings. The third kappa shape index (κ3) is 4.24. The number of amides is 1. The standard InChI is InChI=1S/C13H24N4O2/c1-5-10-11(14)12(17(4)16-10)13(18)15-6-7-19-8-9(2)3/h9H,5-8,14H2,1-4H3,(H,15,18). The second-order valence-electron chi connectivity index (χ2n) is 4.91. The maximum absolute atomic E-state index is 12.0. The molecule has 0 spiro atoms. The van der Waals surface area contributed by atoms with E-state index >= 15 is 0 Å². The summed E-state index contributed by atoms with van der Waals surface area (Å²) < 4.78 is 6.93. The first-order valence-electron chi connectivity index (χ1n) is 6.64. The molecule has 0 aliphatic rings. The molecule has 0 aliphatic heterocycles. The van der Waals surface area contributed by atoms with Crippen molar-refractivity contribution in [2.75, 3.05) is 25.5 Å².